The monoisotopic (exact) mass is 399 g/mol. The molecule has 1 atom stereocenters. The summed E-state index contributed by atoms with van der Waals surface area (Å²) in [5.74, 6) is 2.60. The van der Waals surface area contributed by atoms with Crippen LogP contribution in [0.3, 0.4) is 0 Å². The molecule has 3 N–H and O–H groups in total. The van der Waals surface area contributed by atoms with E-state index < -0.39 is 0 Å². The van der Waals surface area contributed by atoms with E-state index in [0.717, 1.165) is 17.1 Å². The highest BCUT2D eigenvalue weighted by Crippen LogP contribution is 2.26. The minimum absolute atomic E-state index is 0.0981. The molecular weight excluding hydrogens is 378 g/mol. The number of ether oxygens (including phenoxy) is 1. The molecule has 5 rings (SSSR count). The molecule has 0 amide bonds. The van der Waals surface area contributed by atoms with Gasteiger partial charge >= 0.3 is 0 Å². The number of benzene rings is 2. The molecule has 0 fully saturated rings. The Bertz CT molecular complexity index is 1100. The van der Waals surface area contributed by atoms with Crippen LogP contribution in [-0.4, -0.2) is 27.0 Å². The van der Waals surface area contributed by atoms with Gasteiger partial charge in [0.1, 0.15) is 12.0 Å². The molecule has 150 valence electrons. The summed E-state index contributed by atoms with van der Waals surface area (Å²) in [4.78, 5) is 8.81. The summed E-state index contributed by atoms with van der Waals surface area (Å²) in [5.41, 5.74) is 3.00. The molecule has 2 aliphatic heterocycles. The maximum absolute atomic E-state index is 5.80. The van der Waals surface area contributed by atoms with E-state index in [9.17, 15) is 0 Å². The summed E-state index contributed by atoms with van der Waals surface area (Å²) in [5, 5.41) is 16.1. The van der Waals surface area contributed by atoms with Gasteiger partial charge in [0.15, 0.2) is 0 Å². The lowest BCUT2D eigenvalue weighted by molar-refractivity contribution is 0.235. The van der Waals surface area contributed by atoms with Crippen LogP contribution in [0.4, 0.5) is 17.5 Å². The Morgan fingerprint density at radius 1 is 1.07 bits per heavy atom. The zero-order valence-corrected chi connectivity index (χ0v) is 16.4. The van der Waals surface area contributed by atoms with Crippen molar-refractivity contribution in [3.8, 4) is 0 Å². The van der Waals surface area contributed by atoms with Crippen molar-refractivity contribution < 1.29 is 4.74 Å². The lowest BCUT2D eigenvalue weighted by atomic mass is 10.2. The van der Waals surface area contributed by atoms with Crippen LogP contribution < -0.4 is 16.0 Å². The third-order valence-corrected chi connectivity index (χ3v) is 4.79. The first-order chi connectivity index (χ1) is 14.7. The molecule has 1 aromatic heterocycles. The number of hydrogen-bond donors (Lipinski definition) is 3. The second-order valence-corrected chi connectivity index (χ2v) is 6.98. The first kappa shape index (κ1) is 18.0. The van der Waals surface area contributed by atoms with Gasteiger partial charge < -0.3 is 20.7 Å². The summed E-state index contributed by atoms with van der Waals surface area (Å²) >= 11 is 0. The Kier molecular flexibility index (Phi) is 4.65. The van der Waals surface area contributed by atoms with E-state index in [0.29, 0.717) is 24.2 Å². The Morgan fingerprint density at radius 3 is 2.70 bits per heavy atom. The maximum Gasteiger partial charge on any atom is 0.246 e. The molecule has 0 saturated heterocycles. The van der Waals surface area contributed by atoms with Crippen LogP contribution in [0, 0.1) is 0 Å². The molecule has 0 aliphatic carbocycles. The predicted molar refractivity (Wildman–Crippen MR) is 116 cm³/mol. The zero-order chi connectivity index (χ0) is 20.3. The van der Waals surface area contributed by atoms with Crippen molar-refractivity contribution >= 4 is 23.4 Å². The summed E-state index contributed by atoms with van der Waals surface area (Å²) in [6, 6.07) is 19.9. The lowest BCUT2D eigenvalue weighted by Crippen LogP contribution is -2.28. The molecule has 3 heterocycles. The van der Waals surface area contributed by atoms with Gasteiger partial charge in [-0.15, -0.1) is 5.10 Å². The number of anilines is 3. The van der Waals surface area contributed by atoms with E-state index in [1.165, 1.54) is 5.56 Å². The SMILES string of the molecule is CC1NC=C2OC(c3ccc(Nc4ccnc(NCc5ccccc5)n4)cc3)=NN21. The molecule has 8 heteroatoms. The first-order valence-corrected chi connectivity index (χ1v) is 9.75. The smallest absolute Gasteiger partial charge is 0.246 e. The predicted octanol–water partition coefficient (Wildman–Crippen LogP) is 3.57. The van der Waals surface area contributed by atoms with Crippen LogP contribution >= 0.6 is 0 Å². The first-order valence-electron chi connectivity index (χ1n) is 9.75. The quantitative estimate of drug-likeness (QED) is 0.584. The van der Waals surface area contributed by atoms with Gasteiger partial charge in [0.2, 0.25) is 17.7 Å². The molecular formula is C22H21N7O. The fourth-order valence-corrected chi connectivity index (χ4v) is 3.20. The van der Waals surface area contributed by atoms with Gasteiger partial charge in [-0.1, -0.05) is 30.3 Å². The Balaban J connectivity index is 1.23. The van der Waals surface area contributed by atoms with E-state index in [2.05, 4.69) is 43.2 Å². The standard InChI is InChI=1S/C22H21N7O/c1-15-24-14-20-29(15)28-21(30-20)17-7-9-18(10-8-17)26-19-11-12-23-22(27-19)25-13-16-5-3-2-4-6-16/h2-12,14-15,24H,13H2,1H3,(H2,23,25,26,27). The highest BCUT2D eigenvalue weighted by atomic mass is 16.5. The molecule has 0 bridgehead atoms. The summed E-state index contributed by atoms with van der Waals surface area (Å²) in [6.07, 6.45) is 3.66. The number of hydrogen-bond acceptors (Lipinski definition) is 8. The molecule has 2 aliphatic rings. The van der Waals surface area contributed by atoms with Gasteiger partial charge in [-0.3, -0.25) is 0 Å². The number of hydrazone groups is 1. The van der Waals surface area contributed by atoms with Crippen LogP contribution in [-0.2, 0) is 11.3 Å². The molecule has 0 spiro atoms. The van der Waals surface area contributed by atoms with Gasteiger partial charge in [0.05, 0.1) is 6.20 Å². The summed E-state index contributed by atoms with van der Waals surface area (Å²) in [6.45, 7) is 2.69. The number of fused-ring (bicyclic) bond motifs is 1. The molecule has 3 aromatic rings. The molecule has 1 unspecified atom stereocenters. The molecule has 0 saturated carbocycles. The lowest BCUT2D eigenvalue weighted by Gasteiger charge is -2.12. The van der Waals surface area contributed by atoms with E-state index in [1.807, 2.05) is 66.7 Å². The van der Waals surface area contributed by atoms with E-state index in [1.54, 1.807) is 6.20 Å². The largest absolute Gasteiger partial charge is 0.417 e. The van der Waals surface area contributed by atoms with Crippen molar-refractivity contribution in [1.29, 1.82) is 0 Å². The Morgan fingerprint density at radius 2 is 1.90 bits per heavy atom. The third-order valence-electron chi connectivity index (χ3n) is 4.79. The van der Waals surface area contributed by atoms with Gasteiger partial charge in [-0.2, -0.15) is 4.98 Å². The Labute approximate surface area is 174 Å². The number of nitrogens with one attached hydrogen (secondary N) is 3. The van der Waals surface area contributed by atoms with Gasteiger partial charge in [0, 0.05) is 24.0 Å². The van der Waals surface area contributed by atoms with Gasteiger partial charge in [0.25, 0.3) is 0 Å². The van der Waals surface area contributed by atoms with Crippen LogP contribution in [0.5, 0.6) is 0 Å². The van der Waals surface area contributed by atoms with Crippen LogP contribution in [0.2, 0.25) is 0 Å². The highest BCUT2D eigenvalue weighted by Gasteiger charge is 2.31. The van der Waals surface area contributed by atoms with Crippen molar-refractivity contribution in [3.63, 3.8) is 0 Å². The summed E-state index contributed by atoms with van der Waals surface area (Å²) < 4.78 is 5.80. The van der Waals surface area contributed by atoms with E-state index >= 15 is 0 Å². The van der Waals surface area contributed by atoms with Crippen molar-refractivity contribution in [1.82, 2.24) is 20.3 Å². The normalized spacial score (nSPS) is 16.8. The molecule has 30 heavy (non-hydrogen) atoms. The highest BCUT2D eigenvalue weighted by molar-refractivity contribution is 5.96. The molecule has 0 radical (unpaired) electrons. The topological polar surface area (TPSA) is 86.7 Å². The van der Waals surface area contributed by atoms with Crippen molar-refractivity contribution in [2.45, 2.75) is 19.6 Å². The minimum Gasteiger partial charge on any atom is -0.417 e. The number of rotatable bonds is 6. The minimum atomic E-state index is 0.0981. The van der Waals surface area contributed by atoms with E-state index in [-0.39, 0.29) is 6.17 Å². The second kappa shape index (κ2) is 7.75. The fourth-order valence-electron chi connectivity index (χ4n) is 3.20. The van der Waals surface area contributed by atoms with E-state index in [4.69, 9.17) is 4.74 Å². The molecule has 8 nitrogen and oxygen atoms in total. The average Bonchev–Trinajstić information content (AvgIpc) is 3.36. The second-order valence-electron chi connectivity index (χ2n) is 6.98. The van der Waals surface area contributed by atoms with Crippen LogP contribution in [0.1, 0.15) is 18.1 Å². The van der Waals surface area contributed by atoms with Gasteiger partial charge in [-0.25, -0.2) is 9.99 Å². The van der Waals surface area contributed by atoms with Crippen molar-refractivity contribution in [2.24, 2.45) is 5.10 Å². The Hall–Kier alpha value is -4.07. The van der Waals surface area contributed by atoms with Gasteiger partial charge in [-0.05, 0) is 42.8 Å². The number of nitrogens with zero attached hydrogens (tertiary/aromatic N) is 4. The molecule has 2 aromatic carbocycles. The fraction of sp³-hybridized carbons (Fsp3) is 0.136. The van der Waals surface area contributed by atoms with Crippen LogP contribution in [0.15, 0.2) is 84.0 Å². The third kappa shape index (κ3) is 3.75. The number of aromatic nitrogens is 2. The summed E-state index contributed by atoms with van der Waals surface area (Å²) in [7, 11) is 0. The maximum atomic E-state index is 5.80. The zero-order valence-electron chi connectivity index (χ0n) is 16.4. The van der Waals surface area contributed by atoms with Crippen LogP contribution in [0.25, 0.3) is 0 Å². The average molecular weight is 399 g/mol. The van der Waals surface area contributed by atoms with Crippen molar-refractivity contribution in [3.05, 3.63) is 90.1 Å². The van der Waals surface area contributed by atoms with Crippen molar-refractivity contribution in [2.75, 3.05) is 10.6 Å².